The Morgan fingerprint density at radius 1 is 1.11 bits per heavy atom. The molecule has 184 valence electrons. The molecule has 1 unspecified atom stereocenters. The number of piperidine rings is 1. The van der Waals surface area contributed by atoms with Crippen LogP contribution in [0.2, 0.25) is 0 Å². The van der Waals surface area contributed by atoms with Crippen molar-refractivity contribution in [3.63, 3.8) is 0 Å². The summed E-state index contributed by atoms with van der Waals surface area (Å²) in [5, 5.41) is 7.64. The molecule has 2 aliphatic heterocycles. The van der Waals surface area contributed by atoms with Crippen molar-refractivity contribution in [3.8, 4) is 5.75 Å². The molecule has 2 N–H and O–H groups in total. The first-order valence-electron chi connectivity index (χ1n) is 12.3. The third-order valence-electron chi connectivity index (χ3n) is 6.73. The Bertz CT molecular complexity index is 1380. The lowest BCUT2D eigenvalue weighted by molar-refractivity contribution is -0.126. The van der Waals surface area contributed by atoms with Gasteiger partial charge in [0, 0.05) is 29.1 Å². The van der Waals surface area contributed by atoms with Gasteiger partial charge in [0.1, 0.15) is 11.8 Å². The van der Waals surface area contributed by atoms with Crippen LogP contribution in [0.5, 0.6) is 5.75 Å². The number of fused-ring (bicyclic) bond motifs is 2. The van der Waals surface area contributed by atoms with E-state index < -0.39 is 6.04 Å². The number of ether oxygens (including phenoxy) is 1. The summed E-state index contributed by atoms with van der Waals surface area (Å²) in [7, 11) is 0. The number of carbonyl (C=O) groups is 3. The van der Waals surface area contributed by atoms with Crippen LogP contribution in [0.1, 0.15) is 58.9 Å². The number of amides is 3. The van der Waals surface area contributed by atoms with Crippen LogP contribution in [0.25, 0.3) is 10.8 Å². The number of hydrogen-bond acceptors (Lipinski definition) is 4. The van der Waals surface area contributed by atoms with Gasteiger partial charge in [0.15, 0.2) is 0 Å². The molecule has 3 aromatic rings. The summed E-state index contributed by atoms with van der Waals surface area (Å²) in [6, 6.07) is 16.2. The summed E-state index contributed by atoms with van der Waals surface area (Å²) in [5.74, 6) is 0.233. The van der Waals surface area contributed by atoms with Crippen LogP contribution < -0.4 is 15.4 Å². The van der Waals surface area contributed by atoms with Crippen LogP contribution in [0.4, 0.5) is 5.69 Å². The molecule has 36 heavy (non-hydrogen) atoms. The zero-order valence-electron chi connectivity index (χ0n) is 20.3. The van der Waals surface area contributed by atoms with Gasteiger partial charge < -0.3 is 20.3 Å². The largest absolute Gasteiger partial charge is 0.494 e. The molecular formula is C29H29N3O4. The molecule has 1 atom stereocenters. The van der Waals surface area contributed by atoms with Crippen molar-refractivity contribution in [2.75, 3.05) is 11.9 Å². The Morgan fingerprint density at radius 2 is 1.92 bits per heavy atom. The average Bonchev–Trinajstić information content (AvgIpc) is 3.19. The highest BCUT2D eigenvalue weighted by atomic mass is 16.5. The van der Waals surface area contributed by atoms with Gasteiger partial charge in [-0.1, -0.05) is 32.1 Å². The van der Waals surface area contributed by atoms with Crippen molar-refractivity contribution in [1.29, 1.82) is 0 Å². The lowest BCUT2D eigenvalue weighted by atomic mass is 10.0. The van der Waals surface area contributed by atoms with Gasteiger partial charge in [-0.3, -0.25) is 14.4 Å². The smallest absolute Gasteiger partial charge is 0.255 e. The van der Waals surface area contributed by atoms with Crippen LogP contribution in [0.15, 0.2) is 66.9 Å². The molecule has 7 nitrogen and oxygen atoms in total. The molecule has 2 aliphatic rings. The molecule has 2 heterocycles. The number of anilines is 1. The van der Waals surface area contributed by atoms with E-state index in [1.165, 1.54) is 0 Å². The molecule has 1 fully saturated rings. The molecule has 3 aromatic carbocycles. The topological polar surface area (TPSA) is 87.7 Å². The van der Waals surface area contributed by atoms with Gasteiger partial charge in [-0.15, -0.1) is 0 Å². The third kappa shape index (κ3) is 4.69. The minimum absolute atomic E-state index is 0.164. The molecule has 1 saturated heterocycles. The van der Waals surface area contributed by atoms with E-state index in [4.69, 9.17) is 4.74 Å². The fourth-order valence-electron chi connectivity index (χ4n) is 4.72. The van der Waals surface area contributed by atoms with Crippen LogP contribution in [-0.4, -0.2) is 35.3 Å². The van der Waals surface area contributed by atoms with E-state index in [-0.39, 0.29) is 17.7 Å². The Morgan fingerprint density at radius 3 is 2.72 bits per heavy atom. The summed E-state index contributed by atoms with van der Waals surface area (Å²) in [6.07, 6.45) is 3.30. The number of unbranched alkanes of at least 4 members (excludes halogenated alkanes) is 1. The van der Waals surface area contributed by atoms with Gasteiger partial charge in [0.25, 0.3) is 11.8 Å². The second kappa shape index (κ2) is 9.85. The monoisotopic (exact) mass is 483 g/mol. The Balaban J connectivity index is 1.28. The van der Waals surface area contributed by atoms with E-state index in [1.807, 2.05) is 36.4 Å². The van der Waals surface area contributed by atoms with Gasteiger partial charge in [-0.2, -0.15) is 0 Å². The van der Waals surface area contributed by atoms with Crippen LogP contribution in [0.3, 0.4) is 0 Å². The third-order valence-corrected chi connectivity index (χ3v) is 6.73. The van der Waals surface area contributed by atoms with E-state index in [1.54, 1.807) is 23.1 Å². The second-order valence-electron chi connectivity index (χ2n) is 9.33. The second-order valence-corrected chi connectivity index (χ2v) is 9.33. The van der Waals surface area contributed by atoms with Gasteiger partial charge in [0.05, 0.1) is 6.61 Å². The summed E-state index contributed by atoms with van der Waals surface area (Å²) >= 11 is 0. The SMILES string of the molecule is C=C1CCC(N2Cc3cc(NC(=O)c4ccc5cc(OCCCC)ccc5c4)ccc3C2=O)C(=O)N1. The Labute approximate surface area is 210 Å². The van der Waals surface area contributed by atoms with Gasteiger partial charge in [-0.25, -0.2) is 0 Å². The predicted octanol–water partition coefficient (Wildman–Crippen LogP) is 5.02. The minimum atomic E-state index is -0.511. The molecule has 0 aromatic heterocycles. The van der Waals surface area contributed by atoms with Crippen LogP contribution >= 0.6 is 0 Å². The summed E-state index contributed by atoms with van der Waals surface area (Å²) in [5.41, 5.74) is 3.19. The quantitative estimate of drug-likeness (QED) is 0.462. The van der Waals surface area contributed by atoms with Crippen molar-refractivity contribution in [2.45, 2.75) is 45.2 Å². The number of allylic oxidation sites excluding steroid dienone is 1. The van der Waals surface area contributed by atoms with Crippen molar-refractivity contribution in [1.82, 2.24) is 10.2 Å². The number of hydrogen-bond donors (Lipinski definition) is 2. The van der Waals surface area contributed by atoms with E-state index in [9.17, 15) is 14.4 Å². The van der Waals surface area contributed by atoms with Crippen molar-refractivity contribution >= 4 is 34.2 Å². The van der Waals surface area contributed by atoms with E-state index in [2.05, 4.69) is 24.1 Å². The van der Waals surface area contributed by atoms with E-state index in [0.717, 1.165) is 34.9 Å². The summed E-state index contributed by atoms with van der Waals surface area (Å²) in [6.45, 7) is 6.95. The van der Waals surface area contributed by atoms with Crippen molar-refractivity contribution < 1.29 is 19.1 Å². The highest BCUT2D eigenvalue weighted by Gasteiger charge is 2.38. The van der Waals surface area contributed by atoms with Crippen LogP contribution in [-0.2, 0) is 11.3 Å². The fraction of sp³-hybridized carbons (Fsp3) is 0.276. The number of carbonyl (C=O) groups excluding carboxylic acids is 3. The summed E-state index contributed by atoms with van der Waals surface area (Å²) in [4.78, 5) is 39.9. The molecule has 0 saturated carbocycles. The van der Waals surface area contributed by atoms with Crippen molar-refractivity contribution in [2.24, 2.45) is 0 Å². The molecular weight excluding hydrogens is 454 g/mol. The van der Waals surface area contributed by atoms with Gasteiger partial charge in [0.2, 0.25) is 5.91 Å². The van der Waals surface area contributed by atoms with Crippen molar-refractivity contribution in [3.05, 3.63) is 83.6 Å². The zero-order chi connectivity index (χ0) is 25.2. The number of nitrogens with zero attached hydrogens (tertiary/aromatic N) is 1. The highest BCUT2D eigenvalue weighted by molar-refractivity contribution is 6.07. The number of benzene rings is 3. The molecule has 0 spiro atoms. The Kier molecular flexibility index (Phi) is 6.46. The average molecular weight is 484 g/mol. The predicted molar refractivity (Wildman–Crippen MR) is 139 cm³/mol. The first kappa shape index (κ1) is 23.6. The van der Waals surface area contributed by atoms with E-state index >= 15 is 0 Å². The maximum atomic E-state index is 13.0. The van der Waals surface area contributed by atoms with Gasteiger partial charge in [-0.05, 0) is 78.1 Å². The molecule has 7 heteroatoms. The normalized spacial score (nSPS) is 17.2. The zero-order valence-corrected chi connectivity index (χ0v) is 20.3. The maximum Gasteiger partial charge on any atom is 0.255 e. The first-order valence-corrected chi connectivity index (χ1v) is 12.3. The lowest BCUT2D eigenvalue weighted by Gasteiger charge is -2.30. The fourth-order valence-corrected chi connectivity index (χ4v) is 4.72. The Hall–Kier alpha value is -4.13. The molecule has 3 amide bonds. The number of nitrogens with one attached hydrogen (secondary N) is 2. The van der Waals surface area contributed by atoms with Gasteiger partial charge >= 0.3 is 0 Å². The lowest BCUT2D eigenvalue weighted by Crippen LogP contribution is -2.49. The van der Waals surface area contributed by atoms with Crippen LogP contribution in [0, 0.1) is 0 Å². The molecule has 5 rings (SSSR count). The maximum absolute atomic E-state index is 13.0. The molecule has 0 radical (unpaired) electrons. The number of rotatable bonds is 7. The molecule has 0 bridgehead atoms. The standard InChI is InChI=1S/C29H29N3O4/c1-3-4-13-36-24-10-8-19-14-21(7-6-20(19)16-24)27(33)31-23-9-11-25-22(15-23)17-32(29(25)35)26-12-5-18(2)30-28(26)34/h6-11,14-16,26H,2-5,12-13,17H2,1H3,(H,30,34)(H,31,33). The van der Waals surface area contributed by atoms with E-state index in [0.29, 0.717) is 48.5 Å². The highest BCUT2D eigenvalue weighted by Crippen LogP contribution is 2.30. The molecule has 0 aliphatic carbocycles. The minimum Gasteiger partial charge on any atom is -0.494 e. The summed E-state index contributed by atoms with van der Waals surface area (Å²) < 4.78 is 5.78. The first-order chi connectivity index (χ1) is 17.4.